The molecule has 1 unspecified atom stereocenters. The van der Waals surface area contributed by atoms with E-state index < -0.39 is 29.3 Å². The highest BCUT2D eigenvalue weighted by Crippen LogP contribution is 2.33. The molecular weight excluding hydrogens is 283 g/mol. The summed E-state index contributed by atoms with van der Waals surface area (Å²) < 4.78 is 45.5. The van der Waals surface area contributed by atoms with Crippen LogP contribution in [0, 0.1) is 5.82 Å². The quantitative estimate of drug-likeness (QED) is 0.869. The molecule has 7 heteroatoms. The molecule has 0 spiro atoms. The third-order valence-electron chi connectivity index (χ3n) is 2.39. The van der Waals surface area contributed by atoms with Gasteiger partial charge in [0.25, 0.3) is 0 Å². The fourth-order valence-electron chi connectivity index (χ4n) is 1.48. The van der Waals surface area contributed by atoms with Gasteiger partial charge >= 0.3 is 11.9 Å². The molecule has 0 bridgehead atoms. The molecule has 0 heterocycles. The Hall–Kier alpha value is -1.27. The highest BCUT2D eigenvalue weighted by Gasteiger charge is 2.45. The first kappa shape index (κ1) is 17.7. The van der Waals surface area contributed by atoms with Crippen molar-refractivity contribution in [3.05, 3.63) is 35.1 Å². The van der Waals surface area contributed by atoms with Gasteiger partial charge in [0.1, 0.15) is 5.82 Å². The van der Waals surface area contributed by atoms with E-state index in [0.29, 0.717) is 0 Å². The van der Waals surface area contributed by atoms with Crippen LogP contribution in [0.15, 0.2) is 18.2 Å². The summed E-state index contributed by atoms with van der Waals surface area (Å²) in [6.45, 7) is 2.65. The maximum absolute atomic E-state index is 13.9. The van der Waals surface area contributed by atoms with Gasteiger partial charge in [-0.05, 0) is 19.9 Å². The standard InChI is InChI=1S/C12H14F3NO2.ClH/c1-3-18-11(17)12(14,15)9-6-4-5-8(7(2)16)10(9)13;/h4-7H,3,16H2,1-2H3;1H. The van der Waals surface area contributed by atoms with E-state index in [1.54, 1.807) is 0 Å². The van der Waals surface area contributed by atoms with Gasteiger partial charge in [0.2, 0.25) is 0 Å². The number of nitrogens with two attached hydrogens (primary N) is 1. The second-order valence-electron chi connectivity index (χ2n) is 3.79. The van der Waals surface area contributed by atoms with Gasteiger partial charge in [0, 0.05) is 11.6 Å². The zero-order valence-corrected chi connectivity index (χ0v) is 11.3. The predicted octanol–water partition coefficient (Wildman–Crippen LogP) is 2.92. The van der Waals surface area contributed by atoms with Crippen molar-refractivity contribution in [2.75, 3.05) is 6.61 Å². The molecule has 0 amide bonds. The number of alkyl halides is 2. The van der Waals surface area contributed by atoms with E-state index in [1.807, 2.05) is 0 Å². The normalized spacial score (nSPS) is 12.5. The summed E-state index contributed by atoms with van der Waals surface area (Å²) >= 11 is 0. The molecule has 0 fully saturated rings. The summed E-state index contributed by atoms with van der Waals surface area (Å²) in [6, 6.07) is 2.62. The van der Waals surface area contributed by atoms with E-state index in [4.69, 9.17) is 5.73 Å². The van der Waals surface area contributed by atoms with Crippen LogP contribution in [0.4, 0.5) is 13.2 Å². The van der Waals surface area contributed by atoms with E-state index in [9.17, 15) is 18.0 Å². The van der Waals surface area contributed by atoms with Crippen LogP contribution >= 0.6 is 12.4 Å². The molecule has 1 rings (SSSR count). The van der Waals surface area contributed by atoms with Crippen LogP contribution in [0.5, 0.6) is 0 Å². The second-order valence-corrected chi connectivity index (χ2v) is 3.79. The summed E-state index contributed by atoms with van der Waals surface area (Å²) in [6.07, 6.45) is 0. The van der Waals surface area contributed by atoms with Crippen LogP contribution < -0.4 is 5.73 Å². The third-order valence-corrected chi connectivity index (χ3v) is 2.39. The van der Waals surface area contributed by atoms with Gasteiger partial charge in [-0.2, -0.15) is 8.78 Å². The first-order chi connectivity index (χ1) is 8.32. The molecule has 1 aromatic rings. The monoisotopic (exact) mass is 297 g/mol. The fourth-order valence-corrected chi connectivity index (χ4v) is 1.48. The average molecular weight is 298 g/mol. The second kappa shape index (κ2) is 6.77. The minimum atomic E-state index is -4.02. The molecule has 3 nitrogen and oxygen atoms in total. The lowest BCUT2D eigenvalue weighted by Gasteiger charge is -2.18. The molecule has 0 saturated heterocycles. The molecule has 1 atom stereocenters. The lowest BCUT2D eigenvalue weighted by molar-refractivity contribution is -0.173. The Bertz CT molecular complexity index is 453. The number of hydrogen-bond acceptors (Lipinski definition) is 3. The van der Waals surface area contributed by atoms with Crippen molar-refractivity contribution in [1.82, 2.24) is 0 Å². The smallest absolute Gasteiger partial charge is 0.382 e. The SMILES string of the molecule is CCOC(=O)C(F)(F)c1cccc(C(C)N)c1F.Cl. The first-order valence-corrected chi connectivity index (χ1v) is 5.41. The van der Waals surface area contributed by atoms with E-state index in [0.717, 1.165) is 6.07 Å². The van der Waals surface area contributed by atoms with E-state index in [-0.39, 0.29) is 24.6 Å². The summed E-state index contributed by atoms with van der Waals surface area (Å²) in [5.41, 5.74) is 4.37. The van der Waals surface area contributed by atoms with Crippen molar-refractivity contribution in [2.45, 2.75) is 25.8 Å². The Morgan fingerprint density at radius 1 is 1.47 bits per heavy atom. The van der Waals surface area contributed by atoms with Crippen LogP contribution in [0.1, 0.15) is 31.0 Å². The van der Waals surface area contributed by atoms with Gasteiger partial charge in [-0.25, -0.2) is 9.18 Å². The Morgan fingerprint density at radius 3 is 2.53 bits per heavy atom. The predicted molar refractivity (Wildman–Crippen MR) is 66.8 cm³/mol. The summed E-state index contributed by atoms with van der Waals surface area (Å²) in [7, 11) is 0. The number of hydrogen-bond donors (Lipinski definition) is 1. The number of carbonyl (C=O) groups is 1. The van der Waals surface area contributed by atoms with E-state index in [1.165, 1.54) is 26.0 Å². The van der Waals surface area contributed by atoms with Crippen molar-refractivity contribution >= 4 is 18.4 Å². The maximum Gasteiger partial charge on any atom is 0.382 e. The molecule has 0 aromatic heterocycles. The van der Waals surface area contributed by atoms with Crippen LogP contribution in [-0.2, 0) is 15.5 Å². The lowest BCUT2D eigenvalue weighted by Crippen LogP contribution is -2.30. The highest BCUT2D eigenvalue weighted by atomic mass is 35.5. The van der Waals surface area contributed by atoms with Crippen molar-refractivity contribution in [2.24, 2.45) is 5.73 Å². The lowest BCUT2D eigenvalue weighted by atomic mass is 10.0. The first-order valence-electron chi connectivity index (χ1n) is 5.41. The van der Waals surface area contributed by atoms with Crippen molar-refractivity contribution in [3.63, 3.8) is 0 Å². The van der Waals surface area contributed by atoms with Gasteiger partial charge in [-0.3, -0.25) is 0 Å². The topological polar surface area (TPSA) is 52.3 Å². The van der Waals surface area contributed by atoms with Crippen molar-refractivity contribution in [1.29, 1.82) is 0 Å². The number of esters is 1. The van der Waals surface area contributed by atoms with Crippen LogP contribution in [0.2, 0.25) is 0 Å². The van der Waals surface area contributed by atoms with Gasteiger partial charge in [0.05, 0.1) is 12.2 Å². The Kier molecular flexibility index (Phi) is 6.32. The van der Waals surface area contributed by atoms with Crippen LogP contribution in [0.25, 0.3) is 0 Å². The molecular formula is C12H15ClF3NO2. The van der Waals surface area contributed by atoms with Gasteiger partial charge in [-0.15, -0.1) is 12.4 Å². The summed E-state index contributed by atoms with van der Waals surface area (Å²) in [5.74, 6) is -6.97. The van der Waals surface area contributed by atoms with Gasteiger partial charge in [0.15, 0.2) is 0 Å². The fraction of sp³-hybridized carbons (Fsp3) is 0.417. The van der Waals surface area contributed by atoms with Crippen molar-refractivity contribution < 1.29 is 22.7 Å². The molecule has 1 aromatic carbocycles. The number of carbonyl (C=O) groups excluding carboxylic acids is 1. The molecule has 2 N–H and O–H groups in total. The molecule has 0 radical (unpaired) electrons. The van der Waals surface area contributed by atoms with Gasteiger partial charge in [-0.1, -0.05) is 12.1 Å². The number of benzene rings is 1. The van der Waals surface area contributed by atoms with Gasteiger partial charge < -0.3 is 10.5 Å². The minimum absolute atomic E-state index is 0. The minimum Gasteiger partial charge on any atom is -0.461 e. The van der Waals surface area contributed by atoms with E-state index in [2.05, 4.69) is 4.74 Å². The Morgan fingerprint density at radius 2 is 2.05 bits per heavy atom. The summed E-state index contributed by atoms with van der Waals surface area (Å²) in [4.78, 5) is 11.1. The number of halogens is 4. The molecule has 108 valence electrons. The summed E-state index contributed by atoms with van der Waals surface area (Å²) in [5, 5.41) is 0. The zero-order chi connectivity index (χ0) is 13.9. The zero-order valence-electron chi connectivity index (χ0n) is 10.5. The van der Waals surface area contributed by atoms with Crippen LogP contribution in [0.3, 0.4) is 0 Å². The molecule has 0 aliphatic carbocycles. The molecule has 0 aliphatic heterocycles. The van der Waals surface area contributed by atoms with Crippen molar-refractivity contribution in [3.8, 4) is 0 Å². The largest absolute Gasteiger partial charge is 0.461 e. The molecule has 0 saturated carbocycles. The highest BCUT2D eigenvalue weighted by molar-refractivity contribution is 5.85. The average Bonchev–Trinajstić information content (AvgIpc) is 2.28. The molecule has 19 heavy (non-hydrogen) atoms. The number of ether oxygens (including phenoxy) is 1. The third kappa shape index (κ3) is 3.61. The van der Waals surface area contributed by atoms with E-state index >= 15 is 0 Å². The Labute approximate surface area is 115 Å². The maximum atomic E-state index is 13.9. The number of rotatable bonds is 4. The van der Waals surface area contributed by atoms with Crippen LogP contribution in [-0.4, -0.2) is 12.6 Å². The Balaban J connectivity index is 0.00000324. The molecule has 0 aliphatic rings.